The smallest absolute Gasteiger partial charge is 0.125 e. The van der Waals surface area contributed by atoms with Crippen LogP contribution in [0.1, 0.15) is 19.0 Å². The van der Waals surface area contributed by atoms with Crippen molar-refractivity contribution in [1.29, 1.82) is 0 Å². The first-order chi connectivity index (χ1) is 10.2. The average Bonchev–Trinajstić information content (AvgIpc) is 3.07. The molecule has 0 radical (unpaired) electrons. The van der Waals surface area contributed by atoms with Gasteiger partial charge in [0.25, 0.3) is 0 Å². The van der Waals surface area contributed by atoms with Crippen LogP contribution in [0.4, 0.5) is 0 Å². The lowest BCUT2D eigenvalue weighted by Gasteiger charge is -2.23. The first-order valence-electron chi connectivity index (χ1n) is 7.23. The van der Waals surface area contributed by atoms with Gasteiger partial charge in [-0.2, -0.15) is 0 Å². The maximum absolute atomic E-state index is 9.53. The monoisotopic (exact) mass is 322 g/mol. The van der Waals surface area contributed by atoms with E-state index in [1.54, 1.807) is 11.3 Å². The van der Waals surface area contributed by atoms with Crippen molar-refractivity contribution in [3.05, 3.63) is 40.4 Å². The van der Waals surface area contributed by atoms with Crippen LogP contribution in [0.3, 0.4) is 0 Å². The van der Waals surface area contributed by atoms with E-state index in [0.717, 1.165) is 40.8 Å². The van der Waals surface area contributed by atoms with Crippen molar-refractivity contribution in [1.82, 2.24) is 9.88 Å². The Kier molecular flexibility index (Phi) is 4.60. The molecule has 0 bridgehead atoms. The van der Waals surface area contributed by atoms with Crippen LogP contribution in [0.2, 0.25) is 5.02 Å². The molecule has 21 heavy (non-hydrogen) atoms. The van der Waals surface area contributed by atoms with E-state index >= 15 is 0 Å². The van der Waals surface area contributed by atoms with Crippen molar-refractivity contribution < 1.29 is 5.11 Å². The van der Waals surface area contributed by atoms with Crippen molar-refractivity contribution >= 4 is 22.9 Å². The van der Waals surface area contributed by atoms with Crippen molar-refractivity contribution in [2.24, 2.45) is 5.92 Å². The molecule has 2 unspecified atom stereocenters. The Bertz CT molecular complexity index is 616. The number of likely N-dealkylation sites (tertiary alicyclic amines) is 1. The normalized spacial score (nSPS) is 22.8. The number of aromatic nitrogens is 1. The molecule has 0 spiro atoms. The number of halogens is 1. The number of thiazole rings is 1. The Hall–Kier alpha value is -0.940. The van der Waals surface area contributed by atoms with Gasteiger partial charge in [0.15, 0.2) is 0 Å². The quantitative estimate of drug-likeness (QED) is 0.933. The highest BCUT2D eigenvalue weighted by atomic mass is 35.5. The van der Waals surface area contributed by atoms with Gasteiger partial charge in [-0.1, -0.05) is 36.7 Å². The number of aliphatic hydroxyl groups excluding tert-OH is 1. The van der Waals surface area contributed by atoms with Crippen LogP contribution in [-0.2, 0) is 6.54 Å². The molecule has 2 aromatic rings. The largest absolute Gasteiger partial charge is 0.395 e. The van der Waals surface area contributed by atoms with Gasteiger partial charge in [-0.25, -0.2) is 4.98 Å². The van der Waals surface area contributed by atoms with Crippen molar-refractivity contribution in [3.63, 3.8) is 0 Å². The number of aliphatic hydroxyl groups is 1. The minimum Gasteiger partial charge on any atom is -0.395 e. The van der Waals surface area contributed by atoms with Crippen LogP contribution in [0.15, 0.2) is 29.6 Å². The molecule has 2 heterocycles. The maximum Gasteiger partial charge on any atom is 0.125 e. The van der Waals surface area contributed by atoms with Crippen molar-refractivity contribution in [2.45, 2.75) is 25.9 Å². The Morgan fingerprint density at radius 2 is 2.24 bits per heavy atom. The van der Waals surface area contributed by atoms with E-state index < -0.39 is 0 Å². The fourth-order valence-electron chi connectivity index (χ4n) is 2.93. The molecule has 1 aliphatic heterocycles. The highest BCUT2D eigenvalue weighted by Gasteiger charge is 2.30. The summed E-state index contributed by atoms with van der Waals surface area (Å²) >= 11 is 7.85. The summed E-state index contributed by atoms with van der Waals surface area (Å²) in [6.45, 7) is 4.27. The van der Waals surface area contributed by atoms with Gasteiger partial charge in [-0.05, 0) is 24.9 Å². The Labute approximate surface area is 134 Å². The highest BCUT2D eigenvalue weighted by Crippen LogP contribution is 2.31. The zero-order valence-corrected chi connectivity index (χ0v) is 13.6. The lowest BCUT2D eigenvalue weighted by molar-refractivity contribution is 0.133. The minimum absolute atomic E-state index is 0.225. The molecule has 1 aliphatic rings. The molecule has 112 valence electrons. The Balaban J connectivity index is 1.76. The van der Waals surface area contributed by atoms with Crippen LogP contribution in [0.5, 0.6) is 0 Å². The van der Waals surface area contributed by atoms with Gasteiger partial charge in [-0.15, -0.1) is 11.3 Å². The standard InChI is InChI=1S/C16H19ClN2OS/c1-11-6-7-19(15(11)9-20)8-12-10-21-16(18-12)13-4-2-3-5-14(13)17/h2-5,10-11,15,20H,6-9H2,1H3. The van der Waals surface area contributed by atoms with E-state index in [2.05, 4.69) is 17.2 Å². The zero-order valence-electron chi connectivity index (χ0n) is 12.0. The predicted octanol–water partition coefficient (Wildman–Crippen LogP) is 3.67. The topological polar surface area (TPSA) is 36.4 Å². The minimum atomic E-state index is 0.225. The number of hydrogen-bond acceptors (Lipinski definition) is 4. The van der Waals surface area contributed by atoms with Crippen LogP contribution in [0.25, 0.3) is 10.6 Å². The molecule has 3 nitrogen and oxygen atoms in total. The predicted molar refractivity (Wildman–Crippen MR) is 87.6 cm³/mol. The van der Waals surface area contributed by atoms with E-state index in [0.29, 0.717) is 5.92 Å². The molecule has 2 atom stereocenters. The van der Waals surface area contributed by atoms with Crippen LogP contribution in [-0.4, -0.2) is 34.2 Å². The summed E-state index contributed by atoms with van der Waals surface area (Å²) in [4.78, 5) is 7.04. The second-order valence-electron chi connectivity index (χ2n) is 5.61. The summed E-state index contributed by atoms with van der Waals surface area (Å²) in [5.41, 5.74) is 2.05. The van der Waals surface area contributed by atoms with Gasteiger partial charge in [0.2, 0.25) is 0 Å². The molecule has 0 amide bonds. The van der Waals surface area contributed by atoms with Crippen LogP contribution in [0, 0.1) is 5.92 Å². The second-order valence-corrected chi connectivity index (χ2v) is 6.88. The summed E-state index contributed by atoms with van der Waals surface area (Å²) in [6, 6.07) is 8.06. The Morgan fingerprint density at radius 3 is 3.00 bits per heavy atom. The van der Waals surface area contributed by atoms with E-state index in [4.69, 9.17) is 16.6 Å². The van der Waals surface area contributed by atoms with Crippen molar-refractivity contribution in [2.75, 3.05) is 13.2 Å². The molecule has 1 aromatic heterocycles. The molecular formula is C16H19ClN2OS. The molecule has 1 fully saturated rings. The summed E-state index contributed by atoms with van der Waals surface area (Å²) in [7, 11) is 0. The van der Waals surface area contributed by atoms with Crippen LogP contribution < -0.4 is 0 Å². The number of nitrogens with zero attached hydrogens (tertiary/aromatic N) is 2. The fraction of sp³-hybridized carbons (Fsp3) is 0.438. The highest BCUT2D eigenvalue weighted by molar-refractivity contribution is 7.13. The molecule has 0 saturated carbocycles. The summed E-state index contributed by atoms with van der Waals surface area (Å²) in [5.74, 6) is 0.552. The van der Waals surface area contributed by atoms with E-state index in [1.165, 1.54) is 0 Å². The van der Waals surface area contributed by atoms with Gasteiger partial charge in [0.1, 0.15) is 5.01 Å². The van der Waals surface area contributed by atoms with E-state index in [9.17, 15) is 5.11 Å². The van der Waals surface area contributed by atoms with Gasteiger partial charge < -0.3 is 5.11 Å². The van der Waals surface area contributed by atoms with E-state index in [-0.39, 0.29) is 12.6 Å². The Morgan fingerprint density at radius 1 is 1.43 bits per heavy atom. The first-order valence-corrected chi connectivity index (χ1v) is 8.49. The lowest BCUT2D eigenvalue weighted by atomic mass is 10.0. The molecule has 5 heteroatoms. The first kappa shape index (κ1) is 15.0. The molecular weight excluding hydrogens is 304 g/mol. The van der Waals surface area contributed by atoms with Gasteiger partial charge in [0.05, 0.1) is 17.3 Å². The lowest BCUT2D eigenvalue weighted by Crippen LogP contribution is -2.34. The van der Waals surface area contributed by atoms with E-state index in [1.807, 2.05) is 24.3 Å². The number of benzene rings is 1. The fourth-order valence-corrected chi connectivity index (χ4v) is 4.06. The number of rotatable bonds is 4. The third-order valence-corrected chi connectivity index (χ3v) is 5.46. The van der Waals surface area contributed by atoms with Gasteiger partial charge >= 0.3 is 0 Å². The summed E-state index contributed by atoms with van der Waals surface area (Å²) in [6.07, 6.45) is 1.15. The van der Waals surface area contributed by atoms with Gasteiger partial charge in [-0.3, -0.25) is 4.90 Å². The van der Waals surface area contributed by atoms with Crippen LogP contribution >= 0.6 is 22.9 Å². The molecule has 1 saturated heterocycles. The summed E-state index contributed by atoms with van der Waals surface area (Å²) < 4.78 is 0. The number of hydrogen-bond donors (Lipinski definition) is 1. The third kappa shape index (κ3) is 3.14. The molecule has 1 aromatic carbocycles. The maximum atomic E-state index is 9.53. The average molecular weight is 323 g/mol. The second kappa shape index (κ2) is 6.44. The molecule has 1 N–H and O–H groups in total. The SMILES string of the molecule is CC1CCN(Cc2csc(-c3ccccc3Cl)n2)C1CO. The summed E-state index contributed by atoms with van der Waals surface area (Å²) in [5, 5.41) is 13.3. The van der Waals surface area contributed by atoms with Crippen molar-refractivity contribution in [3.8, 4) is 10.6 Å². The molecule has 3 rings (SSSR count). The zero-order chi connectivity index (χ0) is 14.8. The van der Waals surface area contributed by atoms with Gasteiger partial charge in [0, 0.05) is 23.5 Å². The third-order valence-electron chi connectivity index (χ3n) is 4.21. The molecule has 0 aliphatic carbocycles.